The molecular formula is C18H19FN2O3. The van der Waals surface area contributed by atoms with E-state index >= 15 is 0 Å². The van der Waals surface area contributed by atoms with E-state index in [1.807, 2.05) is 0 Å². The first-order valence-electron chi connectivity index (χ1n) is 7.78. The van der Waals surface area contributed by atoms with Crippen molar-refractivity contribution in [1.82, 2.24) is 4.90 Å². The van der Waals surface area contributed by atoms with Crippen LogP contribution in [0.2, 0.25) is 0 Å². The van der Waals surface area contributed by atoms with Gasteiger partial charge in [-0.05, 0) is 35.5 Å². The highest BCUT2D eigenvalue weighted by Crippen LogP contribution is 2.44. The standard InChI is InChI=1S/C18H19FN2O3/c1-18(2,3)13-10-21(17(22)23)16-15(13)14(20-24-16)8-7-11-5-4-6-12(19)9-11/h4-6,9,13,15-16H,10H2,1-3H3,(H,22,23). The molecule has 3 rings (SSSR count). The third-order valence-electron chi connectivity index (χ3n) is 4.53. The van der Waals surface area contributed by atoms with E-state index in [0.29, 0.717) is 17.8 Å². The second kappa shape index (κ2) is 5.82. The van der Waals surface area contributed by atoms with Crippen molar-refractivity contribution < 1.29 is 19.1 Å². The summed E-state index contributed by atoms with van der Waals surface area (Å²) in [7, 11) is 0. The number of oxime groups is 1. The van der Waals surface area contributed by atoms with Gasteiger partial charge in [-0.1, -0.05) is 37.9 Å². The molecule has 0 spiro atoms. The van der Waals surface area contributed by atoms with E-state index in [1.54, 1.807) is 12.1 Å². The van der Waals surface area contributed by atoms with Crippen LogP contribution < -0.4 is 0 Å². The Morgan fingerprint density at radius 3 is 2.79 bits per heavy atom. The fourth-order valence-electron chi connectivity index (χ4n) is 3.25. The number of likely N-dealkylation sites (tertiary alicyclic amines) is 1. The molecule has 0 aromatic heterocycles. The van der Waals surface area contributed by atoms with Gasteiger partial charge in [0.05, 0.1) is 5.92 Å². The Kier molecular flexibility index (Phi) is 3.96. The number of halogens is 1. The van der Waals surface area contributed by atoms with Crippen LogP contribution in [0.3, 0.4) is 0 Å². The van der Waals surface area contributed by atoms with E-state index in [-0.39, 0.29) is 23.1 Å². The quantitative estimate of drug-likeness (QED) is 0.743. The van der Waals surface area contributed by atoms with Crippen LogP contribution in [0.25, 0.3) is 0 Å². The highest BCUT2D eigenvalue weighted by atomic mass is 19.1. The fraction of sp³-hybridized carbons (Fsp3) is 0.444. The van der Waals surface area contributed by atoms with Crippen molar-refractivity contribution in [3.05, 3.63) is 35.6 Å². The van der Waals surface area contributed by atoms with Crippen molar-refractivity contribution >= 4 is 11.8 Å². The van der Waals surface area contributed by atoms with Gasteiger partial charge in [-0.2, -0.15) is 0 Å². The summed E-state index contributed by atoms with van der Waals surface area (Å²) in [6.45, 7) is 6.58. The van der Waals surface area contributed by atoms with Crippen molar-refractivity contribution in [3.63, 3.8) is 0 Å². The third-order valence-corrected chi connectivity index (χ3v) is 4.53. The minimum absolute atomic E-state index is 0.0432. The van der Waals surface area contributed by atoms with Crippen molar-refractivity contribution in [1.29, 1.82) is 0 Å². The first-order chi connectivity index (χ1) is 11.3. The Morgan fingerprint density at radius 2 is 2.17 bits per heavy atom. The van der Waals surface area contributed by atoms with Crippen LogP contribution in [0.4, 0.5) is 9.18 Å². The Morgan fingerprint density at radius 1 is 1.42 bits per heavy atom. The predicted molar refractivity (Wildman–Crippen MR) is 86.8 cm³/mol. The van der Waals surface area contributed by atoms with Crippen molar-refractivity contribution in [2.24, 2.45) is 22.4 Å². The van der Waals surface area contributed by atoms with Crippen LogP contribution in [0.5, 0.6) is 0 Å². The summed E-state index contributed by atoms with van der Waals surface area (Å²) >= 11 is 0. The van der Waals surface area contributed by atoms with E-state index in [2.05, 4.69) is 37.8 Å². The minimum atomic E-state index is -1.02. The molecule has 2 aliphatic heterocycles. The molecule has 0 aliphatic carbocycles. The Balaban J connectivity index is 1.90. The number of carbonyl (C=O) groups is 1. The van der Waals surface area contributed by atoms with Gasteiger partial charge >= 0.3 is 6.09 Å². The van der Waals surface area contributed by atoms with Gasteiger partial charge in [0, 0.05) is 12.1 Å². The van der Waals surface area contributed by atoms with Crippen LogP contribution in [-0.2, 0) is 4.84 Å². The second-order valence-corrected chi connectivity index (χ2v) is 7.17. The number of carboxylic acid groups (broad SMARTS) is 1. The number of benzene rings is 1. The lowest BCUT2D eigenvalue weighted by Crippen LogP contribution is -2.36. The van der Waals surface area contributed by atoms with Gasteiger partial charge in [-0.15, -0.1) is 0 Å². The van der Waals surface area contributed by atoms with Crippen LogP contribution in [-0.4, -0.2) is 34.6 Å². The SMILES string of the molecule is CC(C)(C)C1CN(C(=O)O)C2ON=C(C#Cc3cccc(F)c3)C21. The van der Waals surface area contributed by atoms with Gasteiger partial charge in [0.25, 0.3) is 0 Å². The van der Waals surface area contributed by atoms with Crippen molar-refractivity contribution in [2.75, 3.05) is 6.54 Å². The molecule has 6 heteroatoms. The molecule has 1 aromatic rings. The number of fused-ring (bicyclic) bond motifs is 1. The van der Waals surface area contributed by atoms with Crippen LogP contribution in [0.15, 0.2) is 29.4 Å². The van der Waals surface area contributed by atoms with Crippen molar-refractivity contribution in [2.45, 2.75) is 27.0 Å². The van der Waals surface area contributed by atoms with E-state index in [4.69, 9.17) is 4.84 Å². The molecule has 2 aliphatic rings. The molecule has 1 saturated heterocycles. The molecule has 0 bridgehead atoms. The topological polar surface area (TPSA) is 62.1 Å². The summed E-state index contributed by atoms with van der Waals surface area (Å²) in [6, 6.07) is 6.01. The number of nitrogens with zero attached hydrogens (tertiary/aromatic N) is 2. The molecule has 0 radical (unpaired) electrons. The first kappa shape index (κ1) is 16.3. The minimum Gasteiger partial charge on any atom is -0.465 e. The zero-order valence-electron chi connectivity index (χ0n) is 13.8. The molecule has 0 saturated carbocycles. The predicted octanol–water partition coefficient (Wildman–Crippen LogP) is 3.16. The number of rotatable bonds is 0. The van der Waals surface area contributed by atoms with Gasteiger partial charge in [0.2, 0.25) is 6.23 Å². The van der Waals surface area contributed by atoms with Gasteiger partial charge < -0.3 is 9.94 Å². The summed E-state index contributed by atoms with van der Waals surface area (Å²) < 4.78 is 13.2. The summed E-state index contributed by atoms with van der Waals surface area (Å²) in [4.78, 5) is 18.1. The lowest BCUT2D eigenvalue weighted by molar-refractivity contribution is -0.0184. The van der Waals surface area contributed by atoms with Crippen LogP contribution in [0, 0.1) is 34.9 Å². The molecule has 1 aromatic carbocycles. The number of hydrogen-bond acceptors (Lipinski definition) is 3. The highest BCUT2D eigenvalue weighted by molar-refractivity contribution is 6.04. The van der Waals surface area contributed by atoms with E-state index in [1.165, 1.54) is 17.0 Å². The lowest BCUT2D eigenvalue weighted by Gasteiger charge is -2.29. The van der Waals surface area contributed by atoms with Gasteiger partial charge in [-0.3, -0.25) is 4.90 Å². The summed E-state index contributed by atoms with van der Waals surface area (Å²) in [5.74, 6) is 5.32. The lowest BCUT2D eigenvalue weighted by atomic mass is 9.73. The summed E-state index contributed by atoms with van der Waals surface area (Å²) in [6.07, 6.45) is -1.66. The maximum atomic E-state index is 13.2. The molecule has 1 N–H and O–H groups in total. The molecular weight excluding hydrogens is 311 g/mol. The van der Waals surface area contributed by atoms with Crippen LogP contribution >= 0.6 is 0 Å². The fourth-order valence-corrected chi connectivity index (χ4v) is 3.25. The average Bonchev–Trinajstić information content (AvgIpc) is 3.04. The zero-order chi connectivity index (χ0) is 17.5. The maximum absolute atomic E-state index is 13.2. The second-order valence-electron chi connectivity index (χ2n) is 7.17. The largest absolute Gasteiger partial charge is 0.465 e. The molecule has 1 amide bonds. The Hall–Kier alpha value is -2.55. The highest BCUT2D eigenvalue weighted by Gasteiger charge is 2.54. The van der Waals surface area contributed by atoms with E-state index < -0.39 is 12.3 Å². The molecule has 2 heterocycles. The van der Waals surface area contributed by atoms with E-state index in [9.17, 15) is 14.3 Å². The smallest absolute Gasteiger partial charge is 0.410 e. The Bertz CT molecular complexity index is 758. The third kappa shape index (κ3) is 2.94. The monoisotopic (exact) mass is 330 g/mol. The van der Waals surface area contributed by atoms with E-state index in [0.717, 1.165) is 0 Å². The number of hydrogen-bond donors (Lipinski definition) is 1. The molecule has 1 fully saturated rings. The van der Waals surface area contributed by atoms with Gasteiger partial charge in [0.15, 0.2) is 0 Å². The molecule has 3 atom stereocenters. The molecule has 24 heavy (non-hydrogen) atoms. The van der Waals surface area contributed by atoms with Crippen molar-refractivity contribution in [3.8, 4) is 11.8 Å². The zero-order valence-corrected chi connectivity index (χ0v) is 13.8. The van der Waals surface area contributed by atoms with Crippen LogP contribution in [0.1, 0.15) is 26.3 Å². The first-order valence-corrected chi connectivity index (χ1v) is 7.78. The van der Waals surface area contributed by atoms with Gasteiger partial charge in [0.1, 0.15) is 11.5 Å². The van der Waals surface area contributed by atoms with Gasteiger partial charge in [-0.25, -0.2) is 9.18 Å². The normalized spacial score (nSPS) is 25.4. The molecule has 3 unspecified atom stereocenters. The number of amides is 1. The molecule has 126 valence electrons. The maximum Gasteiger partial charge on any atom is 0.410 e. The Labute approximate surface area is 140 Å². The summed E-state index contributed by atoms with van der Waals surface area (Å²) in [5.41, 5.74) is 0.941. The molecule has 5 nitrogen and oxygen atoms in total. The summed E-state index contributed by atoms with van der Waals surface area (Å²) in [5, 5.41) is 13.4. The average molecular weight is 330 g/mol.